The minimum Gasteiger partial charge on any atom is -0.486 e. The van der Waals surface area contributed by atoms with Crippen molar-refractivity contribution in [2.75, 3.05) is 18.5 Å². The molecule has 0 aromatic heterocycles. The van der Waals surface area contributed by atoms with Gasteiger partial charge in [0.25, 0.3) is 5.91 Å². The average Bonchev–Trinajstić information content (AvgIpc) is 2.50. The molecule has 1 heterocycles. The Bertz CT molecular complexity index is 754. The van der Waals surface area contributed by atoms with Crippen LogP contribution < -0.4 is 14.8 Å². The van der Waals surface area contributed by atoms with Gasteiger partial charge in [-0.3, -0.25) is 4.79 Å². The van der Waals surface area contributed by atoms with E-state index in [4.69, 9.17) is 21.1 Å². The van der Waals surface area contributed by atoms with E-state index in [9.17, 15) is 4.79 Å². The highest BCUT2D eigenvalue weighted by atomic mass is 127. The van der Waals surface area contributed by atoms with Crippen molar-refractivity contribution in [3.8, 4) is 11.5 Å². The summed E-state index contributed by atoms with van der Waals surface area (Å²) in [6.07, 6.45) is 0. The molecule has 1 aliphatic heterocycles. The summed E-state index contributed by atoms with van der Waals surface area (Å²) in [5.74, 6) is 1.07. The van der Waals surface area contributed by atoms with E-state index >= 15 is 0 Å². The summed E-state index contributed by atoms with van der Waals surface area (Å²) < 4.78 is 12.6. The zero-order valence-corrected chi connectivity index (χ0v) is 15.7. The summed E-state index contributed by atoms with van der Waals surface area (Å²) in [6, 6.07) is 8.67. The topological polar surface area (TPSA) is 47.6 Å². The summed E-state index contributed by atoms with van der Waals surface area (Å²) in [6.45, 7) is 1.02. The molecule has 0 aliphatic carbocycles. The van der Waals surface area contributed by atoms with Crippen LogP contribution in [0.2, 0.25) is 5.02 Å². The van der Waals surface area contributed by atoms with Gasteiger partial charge < -0.3 is 14.8 Å². The molecule has 4 nitrogen and oxygen atoms in total. The van der Waals surface area contributed by atoms with E-state index < -0.39 is 0 Å². The number of fused-ring (bicyclic) bond motifs is 1. The molecule has 0 unspecified atom stereocenters. The standard InChI is InChI=1S/C15H10BrClINO3/c16-9-6-13-14(22-4-3-21-13)7-12(9)19-15(20)8-1-2-10(17)11(18)5-8/h1-2,5-7H,3-4H2,(H,19,20). The second kappa shape index (κ2) is 6.64. The monoisotopic (exact) mass is 493 g/mol. The number of hydrogen-bond donors (Lipinski definition) is 1. The number of rotatable bonds is 2. The Morgan fingerprint density at radius 3 is 2.55 bits per heavy atom. The van der Waals surface area contributed by atoms with Crippen LogP contribution in [-0.2, 0) is 0 Å². The molecule has 0 saturated heterocycles. The lowest BCUT2D eigenvalue weighted by molar-refractivity contribution is 0.102. The molecule has 22 heavy (non-hydrogen) atoms. The zero-order valence-electron chi connectivity index (χ0n) is 11.2. The third-order valence-electron chi connectivity index (χ3n) is 3.06. The Labute approximate surface area is 154 Å². The van der Waals surface area contributed by atoms with Crippen molar-refractivity contribution < 1.29 is 14.3 Å². The second-order valence-corrected chi connectivity index (χ2v) is 6.98. The summed E-state index contributed by atoms with van der Waals surface area (Å²) in [5, 5.41) is 3.48. The quantitative estimate of drug-likeness (QED) is 0.615. The second-order valence-electron chi connectivity index (χ2n) is 4.56. The Kier molecular flexibility index (Phi) is 4.79. The van der Waals surface area contributed by atoms with E-state index in [1.807, 2.05) is 0 Å². The fraction of sp³-hybridized carbons (Fsp3) is 0.133. The number of halogens is 3. The third-order valence-corrected chi connectivity index (χ3v) is 5.26. The molecule has 1 amide bonds. The molecule has 1 N–H and O–H groups in total. The minimum atomic E-state index is -0.216. The molecule has 2 aromatic carbocycles. The molecule has 2 aromatic rings. The van der Waals surface area contributed by atoms with Gasteiger partial charge in [0, 0.05) is 25.7 Å². The number of carbonyl (C=O) groups is 1. The third kappa shape index (κ3) is 3.33. The van der Waals surface area contributed by atoms with Gasteiger partial charge in [-0.15, -0.1) is 0 Å². The zero-order chi connectivity index (χ0) is 15.7. The summed E-state index contributed by atoms with van der Waals surface area (Å²) in [5.41, 5.74) is 1.16. The van der Waals surface area contributed by atoms with Gasteiger partial charge in [0.15, 0.2) is 11.5 Å². The van der Waals surface area contributed by atoms with Crippen molar-refractivity contribution in [3.05, 3.63) is 49.0 Å². The summed E-state index contributed by atoms with van der Waals surface area (Å²) in [4.78, 5) is 12.3. The number of hydrogen-bond acceptors (Lipinski definition) is 3. The van der Waals surface area contributed by atoms with Crippen LogP contribution in [0.5, 0.6) is 11.5 Å². The number of ether oxygens (including phenoxy) is 2. The van der Waals surface area contributed by atoms with Crippen LogP contribution in [0, 0.1) is 3.57 Å². The van der Waals surface area contributed by atoms with E-state index in [2.05, 4.69) is 43.8 Å². The maximum absolute atomic E-state index is 12.3. The number of benzene rings is 2. The molecule has 114 valence electrons. The van der Waals surface area contributed by atoms with E-state index in [1.165, 1.54) is 0 Å². The Morgan fingerprint density at radius 2 is 1.86 bits per heavy atom. The van der Waals surface area contributed by atoms with Crippen LogP contribution >= 0.6 is 50.1 Å². The number of carbonyl (C=O) groups excluding carboxylic acids is 1. The van der Waals surface area contributed by atoms with Crippen molar-refractivity contribution in [2.24, 2.45) is 0 Å². The lowest BCUT2D eigenvalue weighted by atomic mass is 10.2. The van der Waals surface area contributed by atoms with Crippen molar-refractivity contribution in [2.45, 2.75) is 0 Å². The predicted molar refractivity (Wildman–Crippen MR) is 97.3 cm³/mol. The highest BCUT2D eigenvalue weighted by Crippen LogP contribution is 2.38. The molecular formula is C15H10BrClINO3. The van der Waals surface area contributed by atoms with Gasteiger partial charge in [-0.25, -0.2) is 0 Å². The first-order valence-electron chi connectivity index (χ1n) is 6.40. The normalized spacial score (nSPS) is 12.9. The molecule has 0 radical (unpaired) electrons. The van der Waals surface area contributed by atoms with Crippen LogP contribution in [-0.4, -0.2) is 19.1 Å². The first-order valence-corrected chi connectivity index (χ1v) is 8.65. The Balaban J connectivity index is 1.86. The van der Waals surface area contributed by atoms with Crippen molar-refractivity contribution in [3.63, 3.8) is 0 Å². The fourth-order valence-electron chi connectivity index (χ4n) is 1.99. The molecule has 0 bridgehead atoms. The predicted octanol–water partition coefficient (Wildman–Crippen LogP) is 4.73. The molecule has 1 aliphatic rings. The van der Waals surface area contributed by atoms with Crippen molar-refractivity contribution >= 4 is 61.7 Å². The highest BCUT2D eigenvalue weighted by molar-refractivity contribution is 14.1. The molecule has 0 fully saturated rings. The molecule has 0 spiro atoms. The summed E-state index contributed by atoms with van der Waals surface area (Å²) in [7, 11) is 0. The first kappa shape index (κ1) is 15.9. The first-order chi connectivity index (χ1) is 10.5. The van der Waals surface area contributed by atoms with E-state index in [0.717, 1.165) is 8.04 Å². The van der Waals surface area contributed by atoms with Crippen LogP contribution in [0.3, 0.4) is 0 Å². The number of amides is 1. The SMILES string of the molecule is O=C(Nc1cc2c(cc1Br)OCCO2)c1ccc(Cl)c(I)c1. The van der Waals surface area contributed by atoms with E-state index in [0.29, 0.717) is 41.0 Å². The van der Waals surface area contributed by atoms with Crippen LogP contribution in [0.1, 0.15) is 10.4 Å². The van der Waals surface area contributed by atoms with Gasteiger partial charge in [-0.1, -0.05) is 11.6 Å². The molecular weight excluding hydrogens is 484 g/mol. The van der Waals surface area contributed by atoms with Crippen LogP contribution in [0.4, 0.5) is 5.69 Å². The average molecular weight is 495 g/mol. The maximum Gasteiger partial charge on any atom is 0.255 e. The smallest absolute Gasteiger partial charge is 0.255 e. The van der Waals surface area contributed by atoms with Gasteiger partial charge >= 0.3 is 0 Å². The van der Waals surface area contributed by atoms with Gasteiger partial charge in [0.2, 0.25) is 0 Å². The minimum absolute atomic E-state index is 0.216. The van der Waals surface area contributed by atoms with Crippen LogP contribution in [0.25, 0.3) is 0 Å². The Morgan fingerprint density at radius 1 is 1.18 bits per heavy atom. The Hall–Kier alpha value is -0.990. The van der Waals surface area contributed by atoms with E-state index in [-0.39, 0.29) is 5.91 Å². The molecule has 0 atom stereocenters. The van der Waals surface area contributed by atoms with Crippen molar-refractivity contribution in [1.82, 2.24) is 0 Å². The lowest BCUT2D eigenvalue weighted by Crippen LogP contribution is -2.17. The van der Waals surface area contributed by atoms with Gasteiger partial charge in [-0.05, 0) is 56.7 Å². The van der Waals surface area contributed by atoms with Crippen LogP contribution in [0.15, 0.2) is 34.8 Å². The lowest BCUT2D eigenvalue weighted by Gasteiger charge is -2.20. The summed E-state index contributed by atoms with van der Waals surface area (Å²) >= 11 is 11.5. The van der Waals surface area contributed by atoms with Gasteiger partial charge in [0.05, 0.1) is 10.7 Å². The van der Waals surface area contributed by atoms with Gasteiger partial charge in [-0.2, -0.15) is 0 Å². The molecule has 3 rings (SSSR count). The number of anilines is 1. The van der Waals surface area contributed by atoms with Gasteiger partial charge in [0.1, 0.15) is 13.2 Å². The number of nitrogens with one attached hydrogen (secondary N) is 1. The highest BCUT2D eigenvalue weighted by Gasteiger charge is 2.17. The largest absolute Gasteiger partial charge is 0.486 e. The molecule has 0 saturated carbocycles. The molecule has 7 heteroatoms. The van der Waals surface area contributed by atoms with Crippen molar-refractivity contribution in [1.29, 1.82) is 0 Å². The van der Waals surface area contributed by atoms with E-state index in [1.54, 1.807) is 30.3 Å². The fourth-order valence-corrected chi connectivity index (χ4v) is 3.05. The maximum atomic E-state index is 12.3.